The molecule has 2 fully saturated rings. The molecule has 0 radical (unpaired) electrons. The van der Waals surface area contributed by atoms with Crippen molar-refractivity contribution in [1.82, 2.24) is 0 Å². The molecule has 20 heavy (non-hydrogen) atoms. The number of fused-ring (bicyclic) bond motifs is 1. The average Bonchev–Trinajstić information content (AvgIpc) is 2.38. The summed E-state index contributed by atoms with van der Waals surface area (Å²) in [5.41, 5.74) is 1.65. The third-order valence-electron chi connectivity index (χ3n) is 4.31. The van der Waals surface area contributed by atoms with E-state index in [1.807, 2.05) is 6.92 Å². The standard InChI is InChI=1S/C14H17ClN2O3/c1-8-5-9(17(18)19)6-11(15)14(8)16-12-7-13-10(12)3-2-4-20-13/h5-6,10,12-13,16H,2-4,7H2,1H3. The van der Waals surface area contributed by atoms with Crippen LogP contribution in [0, 0.1) is 23.0 Å². The molecule has 0 aromatic heterocycles. The molecule has 108 valence electrons. The second-order valence-corrected chi connectivity index (χ2v) is 5.99. The van der Waals surface area contributed by atoms with Gasteiger partial charge in [-0.05, 0) is 31.7 Å². The van der Waals surface area contributed by atoms with E-state index in [1.165, 1.54) is 12.5 Å². The Morgan fingerprint density at radius 1 is 1.50 bits per heavy atom. The van der Waals surface area contributed by atoms with E-state index in [1.54, 1.807) is 6.07 Å². The van der Waals surface area contributed by atoms with Gasteiger partial charge in [-0.1, -0.05) is 11.6 Å². The van der Waals surface area contributed by atoms with Crippen LogP contribution in [-0.2, 0) is 4.74 Å². The zero-order valence-electron chi connectivity index (χ0n) is 11.3. The molecule has 1 saturated carbocycles. The molecule has 0 amide bonds. The van der Waals surface area contributed by atoms with Gasteiger partial charge in [0.25, 0.3) is 5.69 Å². The molecule has 2 aliphatic rings. The molecule has 1 aromatic rings. The number of nitrogens with one attached hydrogen (secondary N) is 1. The first kappa shape index (κ1) is 13.6. The minimum atomic E-state index is -0.420. The fraction of sp³-hybridized carbons (Fsp3) is 0.571. The lowest BCUT2D eigenvalue weighted by atomic mass is 9.72. The summed E-state index contributed by atoms with van der Waals surface area (Å²) in [6, 6.07) is 3.32. The molecule has 1 N–H and O–H groups in total. The SMILES string of the molecule is Cc1cc([N+](=O)[O-])cc(Cl)c1NC1CC2OCCCC12. The van der Waals surface area contributed by atoms with E-state index < -0.39 is 4.92 Å². The van der Waals surface area contributed by atoms with Crippen molar-refractivity contribution in [2.75, 3.05) is 11.9 Å². The maximum absolute atomic E-state index is 10.8. The van der Waals surface area contributed by atoms with Crippen LogP contribution < -0.4 is 5.32 Å². The van der Waals surface area contributed by atoms with Crippen LogP contribution >= 0.6 is 11.6 Å². The number of non-ortho nitro benzene ring substituents is 1. The summed E-state index contributed by atoms with van der Waals surface area (Å²) in [5, 5.41) is 14.7. The highest BCUT2D eigenvalue weighted by atomic mass is 35.5. The first-order valence-corrected chi connectivity index (χ1v) is 7.26. The van der Waals surface area contributed by atoms with Gasteiger partial charge in [-0.2, -0.15) is 0 Å². The topological polar surface area (TPSA) is 64.4 Å². The van der Waals surface area contributed by atoms with E-state index >= 15 is 0 Å². The normalized spacial score (nSPS) is 28.4. The van der Waals surface area contributed by atoms with Crippen LogP contribution in [0.25, 0.3) is 0 Å². The van der Waals surface area contributed by atoms with Gasteiger partial charge in [0.15, 0.2) is 0 Å². The van der Waals surface area contributed by atoms with Crippen molar-refractivity contribution >= 4 is 23.0 Å². The Hall–Kier alpha value is -1.33. The van der Waals surface area contributed by atoms with Gasteiger partial charge in [0.2, 0.25) is 0 Å². The summed E-state index contributed by atoms with van der Waals surface area (Å²) in [7, 11) is 0. The Morgan fingerprint density at radius 2 is 2.30 bits per heavy atom. The van der Waals surface area contributed by atoms with E-state index in [0.717, 1.165) is 30.7 Å². The van der Waals surface area contributed by atoms with Gasteiger partial charge in [-0.25, -0.2) is 0 Å². The summed E-state index contributed by atoms with van der Waals surface area (Å²) >= 11 is 6.18. The van der Waals surface area contributed by atoms with Crippen molar-refractivity contribution in [3.8, 4) is 0 Å². The zero-order valence-corrected chi connectivity index (χ0v) is 12.0. The van der Waals surface area contributed by atoms with E-state index in [2.05, 4.69) is 5.32 Å². The van der Waals surface area contributed by atoms with Gasteiger partial charge in [0, 0.05) is 30.7 Å². The molecule has 1 aromatic carbocycles. The maximum atomic E-state index is 10.8. The number of benzene rings is 1. The van der Waals surface area contributed by atoms with Crippen LogP contribution in [0.2, 0.25) is 5.02 Å². The Kier molecular flexibility index (Phi) is 3.56. The maximum Gasteiger partial charge on any atom is 0.271 e. The Balaban J connectivity index is 1.76. The Morgan fingerprint density at radius 3 is 2.95 bits per heavy atom. The Labute approximate surface area is 122 Å². The third-order valence-corrected chi connectivity index (χ3v) is 4.61. The van der Waals surface area contributed by atoms with Gasteiger partial charge in [-0.3, -0.25) is 10.1 Å². The lowest BCUT2D eigenvalue weighted by Gasteiger charge is -2.48. The molecule has 3 rings (SSSR count). The molecular weight excluding hydrogens is 280 g/mol. The van der Waals surface area contributed by atoms with E-state index in [4.69, 9.17) is 16.3 Å². The number of anilines is 1. The van der Waals surface area contributed by atoms with Crippen molar-refractivity contribution in [2.24, 2.45) is 5.92 Å². The predicted octanol–water partition coefficient (Wildman–Crippen LogP) is 3.54. The lowest BCUT2D eigenvalue weighted by molar-refractivity contribution is -0.384. The van der Waals surface area contributed by atoms with Crippen LogP contribution in [0.3, 0.4) is 0 Å². The molecular formula is C14H17ClN2O3. The largest absolute Gasteiger partial charge is 0.380 e. The summed E-state index contributed by atoms with van der Waals surface area (Å²) in [6.45, 7) is 2.71. The molecule has 1 heterocycles. The monoisotopic (exact) mass is 296 g/mol. The van der Waals surface area contributed by atoms with E-state index in [0.29, 0.717) is 23.1 Å². The third kappa shape index (κ3) is 2.36. The minimum absolute atomic E-state index is 0.0329. The van der Waals surface area contributed by atoms with Crippen LogP contribution in [0.5, 0.6) is 0 Å². The van der Waals surface area contributed by atoms with Crippen molar-refractivity contribution < 1.29 is 9.66 Å². The summed E-state index contributed by atoms with van der Waals surface area (Å²) < 4.78 is 5.69. The lowest BCUT2D eigenvalue weighted by Crippen LogP contribution is -2.53. The van der Waals surface area contributed by atoms with Crippen LogP contribution in [0.1, 0.15) is 24.8 Å². The van der Waals surface area contributed by atoms with Crippen molar-refractivity contribution in [3.63, 3.8) is 0 Å². The van der Waals surface area contributed by atoms with Gasteiger partial charge in [0.1, 0.15) is 0 Å². The summed E-state index contributed by atoms with van der Waals surface area (Å²) in [4.78, 5) is 10.4. The molecule has 0 spiro atoms. The molecule has 3 unspecified atom stereocenters. The molecule has 1 aliphatic carbocycles. The average molecular weight is 297 g/mol. The van der Waals surface area contributed by atoms with Gasteiger partial charge < -0.3 is 10.1 Å². The second kappa shape index (κ2) is 5.22. The highest BCUT2D eigenvalue weighted by Crippen LogP contribution is 2.41. The summed E-state index contributed by atoms with van der Waals surface area (Å²) in [6.07, 6.45) is 3.63. The van der Waals surface area contributed by atoms with Crippen LogP contribution in [0.4, 0.5) is 11.4 Å². The van der Waals surface area contributed by atoms with Crippen molar-refractivity contribution in [2.45, 2.75) is 38.3 Å². The number of hydrogen-bond donors (Lipinski definition) is 1. The number of nitrogens with zero attached hydrogens (tertiary/aromatic N) is 1. The van der Waals surface area contributed by atoms with Crippen molar-refractivity contribution in [3.05, 3.63) is 32.8 Å². The molecule has 1 aliphatic heterocycles. The molecule has 0 bridgehead atoms. The predicted molar refractivity (Wildman–Crippen MR) is 77.3 cm³/mol. The number of nitro groups is 1. The van der Waals surface area contributed by atoms with Crippen LogP contribution in [-0.4, -0.2) is 23.7 Å². The summed E-state index contributed by atoms with van der Waals surface area (Å²) in [5.74, 6) is 0.536. The number of aryl methyl sites for hydroxylation is 1. The highest BCUT2D eigenvalue weighted by Gasteiger charge is 2.43. The first-order chi connectivity index (χ1) is 9.56. The number of rotatable bonds is 3. The number of halogens is 1. The van der Waals surface area contributed by atoms with Crippen molar-refractivity contribution in [1.29, 1.82) is 0 Å². The van der Waals surface area contributed by atoms with Gasteiger partial charge in [0.05, 0.1) is 21.7 Å². The van der Waals surface area contributed by atoms with Gasteiger partial charge in [-0.15, -0.1) is 0 Å². The van der Waals surface area contributed by atoms with E-state index in [9.17, 15) is 10.1 Å². The van der Waals surface area contributed by atoms with E-state index in [-0.39, 0.29) is 5.69 Å². The molecule has 5 nitrogen and oxygen atoms in total. The quantitative estimate of drug-likeness (QED) is 0.684. The minimum Gasteiger partial charge on any atom is -0.380 e. The fourth-order valence-corrected chi connectivity index (χ4v) is 3.48. The molecule has 1 saturated heterocycles. The number of nitro benzene ring substituents is 1. The second-order valence-electron chi connectivity index (χ2n) is 5.58. The smallest absolute Gasteiger partial charge is 0.271 e. The highest BCUT2D eigenvalue weighted by molar-refractivity contribution is 6.33. The number of ether oxygens (including phenoxy) is 1. The van der Waals surface area contributed by atoms with Crippen LogP contribution in [0.15, 0.2) is 12.1 Å². The first-order valence-electron chi connectivity index (χ1n) is 6.89. The number of hydrogen-bond acceptors (Lipinski definition) is 4. The molecule has 3 atom stereocenters. The zero-order chi connectivity index (χ0) is 14.3. The Bertz CT molecular complexity index is 526. The molecule has 6 heteroatoms. The van der Waals surface area contributed by atoms with Gasteiger partial charge >= 0.3 is 0 Å². The fourth-order valence-electron chi connectivity index (χ4n) is 3.16.